The molecule has 1 aliphatic heterocycles. The minimum absolute atomic E-state index is 0.0631. The normalized spacial score (nSPS) is 24.1. The molecule has 6 heteroatoms. The number of nitrogens with zero attached hydrogens (tertiary/aromatic N) is 4. The molecule has 0 bridgehead atoms. The maximum atomic E-state index is 5.89. The Bertz CT molecular complexity index is 401. The molecule has 1 fully saturated rings. The van der Waals surface area contributed by atoms with Gasteiger partial charge in [-0.15, -0.1) is 11.6 Å². The second kappa shape index (κ2) is 5.71. The molecular weight excluding hydrogens is 252 g/mol. The quantitative estimate of drug-likeness (QED) is 0.776. The lowest BCUT2D eigenvalue weighted by atomic mass is 10.2. The van der Waals surface area contributed by atoms with E-state index < -0.39 is 0 Å². The number of alkyl halides is 1. The third kappa shape index (κ3) is 3.03. The number of rotatable bonds is 3. The molecule has 1 saturated heterocycles. The lowest BCUT2D eigenvalue weighted by Crippen LogP contribution is -2.47. The van der Waals surface area contributed by atoms with Crippen LogP contribution in [0.2, 0.25) is 0 Å². The van der Waals surface area contributed by atoms with Gasteiger partial charge in [-0.2, -0.15) is 4.98 Å². The van der Waals surface area contributed by atoms with Crippen LogP contribution in [0.4, 0.5) is 11.8 Å². The first-order valence-electron chi connectivity index (χ1n) is 6.07. The molecule has 0 saturated carbocycles. The van der Waals surface area contributed by atoms with Gasteiger partial charge in [0.25, 0.3) is 0 Å². The lowest BCUT2D eigenvalue weighted by Gasteiger charge is -2.36. The van der Waals surface area contributed by atoms with E-state index in [9.17, 15) is 0 Å². The van der Waals surface area contributed by atoms with Crippen LogP contribution in [-0.4, -0.2) is 55.2 Å². The van der Waals surface area contributed by atoms with Gasteiger partial charge < -0.3 is 14.5 Å². The predicted octanol–water partition coefficient (Wildman–Crippen LogP) is 1.38. The second-order valence-electron chi connectivity index (χ2n) is 4.74. The van der Waals surface area contributed by atoms with Gasteiger partial charge in [-0.3, -0.25) is 0 Å². The average Bonchev–Trinajstić information content (AvgIpc) is 2.38. The topological polar surface area (TPSA) is 41.5 Å². The zero-order chi connectivity index (χ0) is 13.1. The van der Waals surface area contributed by atoms with Crippen LogP contribution in [0.5, 0.6) is 0 Å². The van der Waals surface area contributed by atoms with Crippen molar-refractivity contribution < 1.29 is 4.74 Å². The van der Waals surface area contributed by atoms with Crippen LogP contribution in [0.15, 0.2) is 12.3 Å². The molecule has 1 aliphatic rings. The van der Waals surface area contributed by atoms with Gasteiger partial charge in [0.2, 0.25) is 5.95 Å². The second-order valence-corrected chi connectivity index (χ2v) is 5.05. The Balaban J connectivity index is 2.17. The highest BCUT2D eigenvalue weighted by molar-refractivity contribution is 6.18. The van der Waals surface area contributed by atoms with E-state index in [0.717, 1.165) is 18.9 Å². The van der Waals surface area contributed by atoms with E-state index in [1.54, 1.807) is 6.20 Å². The molecule has 0 N–H and O–H groups in total. The molecule has 5 nitrogen and oxygen atoms in total. The summed E-state index contributed by atoms with van der Waals surface area (Å²) >= 11 is 5.89. The summed E-state index contributed by atoms with van der Waals surface area (Å²) in [7, 11) is 3.87. The molecule has 0 aromatic carbocycles. The molecule has 1 aromatic rings. The van der Waals surface area contributed by atoms with Crippen molar-refractivity contribution in [3.63, 3.8) is 0 Å². The number of anilines is 2. The van der Waals surface area contributed by atoms with Gasteiger partial charge in [0.1, 0.15) is 5.82 Å². The third-order valence-corrected chi connectivity index (χ3v) is 3.19. The Morgan fingerprint density at radius 1 is 1.50 bits per heavy atom. The highest BCUT2D eigenvalue weighted by Gasteiger charge is 2.25. The summed E-state index contributed by atoms with van der Waals surface area (Å²) in [5, 5.41) is 0. The van der Waals surface area contributed by atoms with Crippen molar-refractivity contribution in [1.29, 1.82) is 0 Å². The van der Waals surface area contributed by atoms with Gasteiger partial charge in [-0.05, 0) is 13.0 Å². The monoisotopic (exact) mass is 270 g/mol. The smallest absolute Gasteiger partial charge is 0.226 e. The minimum atomic E-state index is 0.0631. The van der Waals surface area contributed by atoms with E-state index in [1.807, 2.05) is 25.1 Å². The first-order chi connectivity index (χ1) is 8.60. The SMILES string of the molecule is CC1CN(c2ccnc(N(C)C)n2)CC(CCl)O1. The molecule has 0 amide bonds. The van der Waals surface area contributed by atoms with Crippen molar-refractivity contribution in [2.24, 2.45) is 0 Å². The van der Waals surface area contributed by atoms with Crippen molar-refractivity contribution >= 4 is 23.4 Å². The number of hydrogen-bond donors (Lipinski definition) is 0. The van der Waals surface area contributed by atoms with Gasteiger partial charge in [0, 0.05) is 33.4 Å². The molecule has 0 aliphatic carbocycles. The van der Waals surface area contributed by atoms with E-state index in [2.05, 4.69) is 21.8 Å². The number of morpholine rings is 1. The zero-order valence-electron chi connectivity index (χ0n) is 11.0. The van der Waals surface area contributed by atoms with Gasteiger partial charge in [0.05, 0.1) is 18.1 Å². The summed E-state index contributed by atoms with van der Waals surface area (Å²) in [5.74, 6) is 2.15. The maximum absolute atomic E-state index is 5.89. The third-order valence-electron chi connectivity index (χ3n) is 2.85. The van der Waals surface area contributed by atoms with Gasteiger partial charge in [-0.25, -0.2) is 4.98 Å². The molecule has 100 valence electrons. The van der Waals surface area contributed by atoms with Crippen LogP contribution >= 0.6 is 11.6 Å². The van der Waals surface area contributed by atoms with Crippen molar-refractivity contribution in [3.05, 3.63) is 12.3 Å². The molecule has 2 rings (SSSR count). The molecule has 0 radical (unpaired) electrons. The highest BCUT2D eigenvalue weighted by Crippen LogP contribution is 2.20. The standard InChI is InChI=1S/C12H19ClN4O/c1-9-7-17(8-10(6-13)18-9)11-4-5-14-12(15-11)16(2)3/h4-5,9-10H,6-8H2,1-3H3. The maximum Gasteiger partial charge on any atom is 0.226 e. The van der Waals surface area contributed by atoms with Crippen LogP contribution in [0, 0.1) is 0 Å². The molecule has 2 heterocycles. The van der Waals surface area contributed by atoms with E-state index in [0.29, 0.717) is 11.8 Å². The number of aromatic nitrogens is 2. The summed E-state index contributed by atoms with van der Waals surface area (Å²) in [6.45, 7) is 3.66. The summed E-state index contributed by atoms with van der Waals surface area (Å²) < 4.78 is 5.74. The fraction of sp³-hybridized carbons (Fsp3) is 0.667. The highest BCUT2D eigenvalue weighted by atomic mass is 35.5. The Morgan fingerprint density at radius 2 is 2.28 bits per heavy atom. The molecule has 0 spiro atoms. The van der Waals surface area contributed by atoms with Gasteiger partial charge in [-0.1, -0.05) is 0 Å². The summed E-state index contributed by atoms with van der Waals surface area (Å²) in [4.78, 5) is 12.9. The molecule has 2 atom stereocenters. The average molecular weight is 271 g/mol. The van der Waals surface area contributed by atoms with E-state index in [-0.39, 0.29) is 12.2 Å². The predicted molar refractivity (Wildman–Crippen MR) is 73.6 cm³/mol. The molecule has 2 unspecified atom stereocenters. The Kier molecular flexibility index (Phi) is 4.24. The van der Waals surface area contributed by atoms with Crippen LogP contribution in [-0.2, 0) is 4.74 Å². The minimum Gasteiger partial charge on any atom is -0.370 e. The van der Waals surface area contributed by atoms with E-state index >= 15 is 0 Å². The fourth-order valence-electron chi connectivity index (χ4n) is 2.05. The summed E-state index contributed by atoms with van der Waals surface area (Å²) in [5.41, 5.74) is 0. The Labute approximate surface area is 113 Å². The van der Waals surface area contributed by atoms with Crippen LogP contribution in [0.1, 0.15) is 6.92 Å². The van der Waals surface area contributed by atoms with Crippen molar-refractivity contribution in [2.45, 2.75) is 19.1 Å². The number of hydrogen-bond acceptors (Lipinski definition) is 5. The zero-order valence-corrected chi connectivity index (χ0v) is 11.8. The largest absolute Gasteiger partial charge is 0.370 e. The van der Waals surface area contributed by atoms with Crippen molar-refractivity contribution in [2.75, 3.05) is 42.9 Å². The van der Waals surface area contributed by atoms with Crippen LogP contribution in [0.3, 0.4) is 0 Å². The molecular formula is C12H19ClN4O. The Morgan fingerprint density at radius 3 is 2.94 bits per heavy atom. The fourth-order valence-corrected chi connectivity index (χ4v) is 2.22. The van der Waals surface area contributed by atoms with Gasteiger partial charge >= 0.3 is 0 Å². The van der Waals surface area contributed by atoms with Crippen LogP contribution in [0.25, 0.3) is 0 Å². The number of ether oxygens (including phenoxy) is 1. The Hall–Kier alpha value is -1.07. The van der Waals surface area contributed by atoms with Crippen molar-refractivity contribution in [3.8, 4) is 0 Å². The molecule has 18 heavy (non-hydrogen) atoms. The van der Waals surface area contributed by atoms with E-state index in [1.165, 1.54) is 0 Å². The van der Waals surface area contributed by atoms with Crippen LogP contribution < -0.4 is 9.80 Å². The lowest BCUT2D eigenvalue weighted by molar-refractivity contribution is -0.00357. The summed E-state index contributed by atoms with van der Waals surface area (Å²) in [6.07, 6.45) is 2.02. The first-order valence-corrected chi connectivity index (χ1v) is 6.60. The van der Waals surface area contributed by atoms with Crippen molar-refractivity contribution in [1.82, 2.24) is 9.97 Å². The number of halogens is 1. The van der Waals surface area contributed by atoms with Gasteiger partial charge in [0.15, 0.2) is 0 Å². The molecule has 1 aromatic heterocycles. The first kappa shape index (κ1) is 13.4. The van der Waals surface area contributed by atoms with E-state index in [4.69, 9.17) is 16.3 Å². The summed E-state index contributed by atoms with van der Waals surface area (Å²) in [6, 6.07) is 1.93.